The monoisotopic (exact) mass is 175 g/mol. The minimum absolute atomic E-state index is 0.463. The molecule has 0 unspecified atom stereocenters. The summed E-state index contributed by atoms with van der Waals surface area (Å²) >= 11 is 0. The lowest BCUT2D eigenvalue weighted by Gasteiger charge is -2.17. The topological polar surface area (TPSA) is 29.4 Å². The van der Waals surface area contributed by atoms with Crippen LogP contribution in [0.3, 0.4) is 0 Å². The molecular weight excluding hydrogens is 162 g/mol. The lowest BCUT2D eigenvalue weighted by molar-refractivity contribution is 0.523. The fourth-order valence-electron chi connectivity index (χ4n) is 1.14. The van der Waals surface area contributed by atoms with Gasteiger partial charge in [0.1, 0.15) is 0 Å². The van der Waals surface area contributed by atoms with Crippen molar-refractivity contribution >= 4 is 6.08 Å². The van der Waals surface area contributed by atoms with Crippen molar-refractivity contribution < 1.29 is 4.79 Å². The van der Waals surface area contributed by atoms with Gasteiger partial charge in [0.15, 0.2) is 0 Å². The van der Waals surface area contributed by atoms with Gasteiger partial charge < -0.3 is 0 Å². The van der Waals surface area contributed by atoms with Crippen LogP contribution in [0.2, 0.25) is 0 Å². The molecule has 0 bridgehead atoms. The number of benzene rings is 1. The first kappa shape index (κ1) is 9.69. The highest BCUT2D eigenvalue weighted by Crippen LogP contribution is 2.23. The van der Waals surface area contributed by atoms with Gasteiger partial charge in [-0.2, -0.15) is 4.99 Å². The number of nitrogens with zero attached hydrogens (tertiary/aromatic N) is 1. The molecule has 0 atom stereocenters. The van der Waals surface area contributed by atoms with Crippen LogP contribution < -0.4 is 0 Å². The maximum atomic E-state index is 10.2. The van der Waals surface area contributed by atoms with Crippen molar-refractivity contribution in [2.75, 3.05) is 0 Å². The lowest BCUT2D eigenvalue weighted by Crippen LogP contribution is -2.12. The van der Waals surface area contributed by atoms with E-state index < -0.39 is 5.54 Å². The summed E-state index contributed by atoms with van der Waals surface area (Å²) in [5, 5.41) is 0. The predicted molar refractivity (Wildman–Crippen MR) is 52.3 cm³/mol. The van der Waals surface area contributed by atoms with Crippen LogP contribution in [0, 0.1) is 6.92 Å². The highest BCUT2D eigenvalue weighted by molar-refractivity contribution is 5.37. The molecule has 68 valence electrons. The summed E-state index contributed by atoms with van der Waals surface area (Å²) in [5.41, 5.74) is 1.77. The third-order valence-corrected chi connectivity index (χ3v) is 2.08. The third kappa shape index (κ3) is 2.27. The molecule has 0 spiro atoms. The van der Waals surface area contributed by atoms with Crippen LogP contribution in [0.1, 0.15) is 25.0 Å². The van der Waals surface area contributed by atoms with Gasteiger partial charge in [-0.3, -0.25) is 0 Å². The van der Waals surface area contributed by atoms with Crippen LogP contribution in [0.5, 0.6) is 0 Å². The Labute approximate surface area is 78.3 Å². The Morgan fingerprint density at radius 1 is 1.23 bits per heavy atom. The van der Waals surface area contributed by atoms with Gasteiger partial charge in [-0.25, -0.2) is 4.79 Å². The molecule has 2 heteroatoms. The van der Waals surface area contributed by atoms with Crippen molar-refractivity contribution in [3.05, 3.63) is 35.4 Å². The lowest BCUT2D eigenvalue weighted by atomic mass is 9.94. The summed E-state index contributed by atoms with van der Waals surface area (Å²) < 4.78 is 0. The van der Waals surface area contributed by atoms with Crippen molar-refractivity contribution in [1.29, 1.82) is 0 Å². The molecule has 0 aromatic heterocycles. The van der Waals surface area contributed by atoms with E-state index in [1.807, 2.05) is 45.0 Å². The second-order valence-electron chi connectivity index (χ2n) is 3.63. The Hall–Kier alpha value is -1.40. The van der Waals surface area contributed by atoms with Crippen LogP contribution in [0.15, 0.2) is 29.3 Å². The zero-order valence-electron chi connectivity index (χ0n) is 8.16. The molecule has 1 aromatic rings. The van der Waals surface area contributed by atoms with Crippen LogP contribution in [0.4, 0.5) is 0 Å². The first-order chi connectivity index (χ1) is 6.06. The number of aliphatic imine (C=N–C) groups is 1. The number of aryl methyl sites for hydroxylation is 1. The zero-order chi connectivity index (χ0) is 9.90. The Balaban J connectivity index is 3.07. The fourth-order valence-corrected chi connectivity index (χ4v) is 1.14. The molecule has 0 saturated heterocycles. The SMILES string of the molecule is Cc1ccc(C(C)(C)N=C=O)cc1. The maximum Gasteiger partial charge on any atom is 0.235 e. The Morgan fingerprint density at radius 2 is 1.77 bits per heavy atom. The van der Waals surface area contributed by atoms with Gasteiger partial charge in [0, 0.05) is 0 Å². The molecule has 13 heavy (non-hydrogen) atoms. The van der Waals surface area contributed by atoms with E-state index in [9.17, 15) is 4.79 Å². The van der Waals surface area contributed by atoms with Crippen molar-refractivity contribution in [3.8, 4) is 0 Å². The summed E-state index contributed by atoms with van der Waals surface area (Å²) in [4.78, 5) is 13.9. The average molecular weight is 175 g/mol. The highest BCUT2D eigenvalue weighted by Gasteiger charge is 2.18. The van der Waals surface area contributed by atoms with E-state index in [4.69, 9.17) is 0 Å². The van der Waals surface area contributed by atoms with Gasteiger partial charge in [-0.05, 0) is 26.3 Å². The van der Waals surface area contributed by atoms with E-state index in [2.05, 4.69) is 4.99 Å². The molecule has 0 N–H and O–H groups in total. The van der Waals surface area contributed by atoms with Crippen molar-refractivity contribution in [2.45, 2.75) is 26.3 Å². The highest BCUT2D eigenvalue weighted by atomic mass is 16.1. The van der Waals surface area contributed by atoms with Gasteiger partial charge in [0.25, 0.3) is 0 Å². The summed E-state index contributed by atoms with van der Waals surface area (Å²) in [6.07, 6.45) is 1.60. The van der Waals surface area contributed by atoms with Crippen molar-refractivity contribution in [2.24, 2.45) is 4.99 Å². The van der Waals surface area contributed by atoms with Crippen LogP contribution in [-0.4, -0.2) is 6.08 Å². The minimum Gasteiger partial charge on any atom is -0.211 e. The quantitative estimate of drug-likeness (QED) is 0.501. The average Bonchev–Trinajstić information content (AvgIpc) is 2.05. The predicted octanol–water partition coefficient (Wildman–Crippen LogP) is 2.57. The van der Waals surface area contributed by atoms with Crippen LogP contribution in [0.25, 0.3) is 0 Å². The summed E-state index contributed by atoms with van der Waals surface area (Å²) in [6.45, 7) is 5.81. The molecular formula is C11H13NO. The Bertz CT molecular complexity index is 332. The Kier molecular flexibility index (Phi) is 2.64. The van der Waals surface area contributed by atoms with Gasteiger partial charge in [-0.1, -0.05) is 29.8 Å². The van der Waals surface area contributed by atoms with E-state index in [-0.39, 0.29) is 0 Å². The Morgan fingerprint density at radius 3 is 2.23 bits per heavy atom. The van der Waals surface area contributed by atoms with Gasteiger partial charge in [-0.15, -0.1) is 0 Å². The van der Waals surface area contributed by atoms with E-state index in [1.54, 1.807) is 6.08 Å². The van der Waals surface area contributed by atoms with Crippen LogP contribution >= 0.6 is 0 Å². The van der Waals surface area contributed by atoms with E-state index in [0.717, 1.165) is 5.56 Å². The van der Waals surface area contributed by atoms with E-state index >= 15 is 0 Å². The first-order valence-electron chi connectivity index (χ1n) is 4.22. The van der Waals surface area contributed by atoms with Gasteiger partial charge in [0.05, 0.1) is 5.54 Å². The molecule has 0 aliphatic carbocycles. The molecule has 0 heterocycles. The van der Waals surface area contributed by atoms with Crippen LogP contribution in [-0.2, 0) is 10.3 Å². The van der Waals surface area contributed by atoms with Gasteiger partial charge >= 0.3 is 0 Å². The van der Waals surface area contributed by atoms with E-state index in [1.165, 1.54) is 5.56 Å². The summed E-state index contributed by atoms with van der Waals surface area (Å²) in [6, 6.07) is 7.99. The largest absolute Gasteiger partial charge is 0.235 e. The number of isocyanates is 1. The van der Waals surface area contributed by atoms with Crippen molar-refractivity contribution in [1.82, 2.24) is 0 Å². The number of rotatable bonds is 2. The normalized spacial score (nSPS) is 10.7. The third-order valence-electron chi connectivity index (χ3n) is 2.08. The molecule has 0 saturated carbocycles. The van der Waals surface area contributed by atoms with E-state index in [0.29, 0.717) is 0 Å². The molecule has 0 aliphatic heterocycles. The maximum absolute atomic E-state index is 10.2. The zero-order valence-corrected chi connectivity index (χ0v) is 8.16. The molecule has 2 nitrogen and oxygen atoms in total. The molecule has 0 amide bonds. The molecule has 0 radical (unpaired) electrons. The summed E-state index contributed by atoms with van der Waals surface area (Å²) in [5.74, 6) is 0. The smallest absolute Gasteiger partial charge is 0.211 e. The second kappa shape index (κ2) is 3.55. The number of carbonyl (C=O) groups excluding carboxylic acids is 1. The molecule has 1 aromatic carbocycles. The standard InChI is InChI=1S/C11H13NO/c1-9-4-6-10(7-5-9)11(2,3)12-8-13/h4-7H,1-3H3. The van der Waals surface area contributed by atoms with Gasteiger partial charge in [0.2, 0.25) is 6.08 Å². The summed E-state index contributed by atoms with van der Waals surface area (Å²) in [7, 11) is 0. The molecule has 0 fully saturated rings. The van der Waals surface area contributed by atoms with Crippen molar-refractivity contribution in [3.63, 3.8) is 0 Å². The number of hydrogen-bond donors (Lipinski definition) is 0. The molecule has 0 aliphatic rings. The molecule has 1 rings (SSSR count). The fraction of sp³-hybridized carbons (Fsp3) is 0.364. The minimum atomic E-state index is -0.463. The number of hydrogen-bond acceptors (Lipinski definition) is 2. The second-order valence-corrected chi connectivity index (χ2v) is 3.63. The first-order valence-corrected chi connectivity index (χ1v) is 4.22.